The molecule has 0 saturated carbocycles. The van der Waals surface area contributed by atoms with E-state index in [0.717, 1.165) is 5.56 Å². The van der Waals surface area contributed by atoms with Crippen LogP contribution in [0.15, 0.2) is 64.5 Å². The predicted molar refractivity (Wildman–Crippen MR) is 124 cm³/mol. The molecule has 1 atom stereocenters. The number of likely N-dealkylation sites (N-methyl/N-ethyl adjacent to an activating group) is 1. The summed E-state index contributed by atoms with van der Waals surface area (Å²) in [7, 11) is 0. The molecule has 158 valence electrons. The summed E-state index contributed by atoms with van der Waals surface area (Å²) in [6.45, 7) is 9.96. The lowest BCUT2D eigenvalue weighted by Gasteiger charge is -2.26. The van der Waals surface area contributed by atoms with Crippen molar-refractivity contribution in [3.05, 3.63) is 70.5 Å². The van der Waals surface area contributed by atoms with Gasteiger partial charge in [0.25, 0.3) is 5.56 Å². The summed E-state index contributed by atoms with van der Waals surface area (Å²) in [5.41, 5.74) is 1.52. The van der Waals surface area contributed by atoms with Gasteiger partial charge in [0.2, 0.25) is 5.91 Å². The van der Waals surface area contributed by atoms with Gasteiger partial charge in [-0.2, -0.15) is 0 Å². The van der Waals surface area contributed by atoms with Gasteiger partial charge in [-0.3, -0.25) is 14.2 Å². The number of carbonyl (C=O) groups excluding carboxylic acids is 1. The van der Waals surface area contributed by atoms with Gasteiger partial charge in [-0.25, -0.2) is 4.98 Å². The van der Waals surface area contributed by atoms with Crippen molar-refractivity contribution in [2.45, 2.75) is 44.6 Å². The minimum Gasteiger partial charge on any atom is -0.342 e. The summed E-state index contributed by atoms with van der Waals surface area (Å²) in [5.74, 6) is 0.313. The molecule has 0 N–H and O–H groups in total. The van der Waals surface area contributed by atoms with E-state index < -0.39 is 5.25 Å². The summed E-state index contributed by atoms with van der Waals surface area (Å²) >= 11 is 1.37. The standard InChI is InChI=1S/C24H29N3O2S/c1-5-26(6-2)23(29)21(18-12-8-7-9-13-18)30-24-25-20-15-11-10-14-19(20)22(28)27(24)16-17(3)4/h7-15,17,21H,5-6,16H2,1-4H3/t21-/m1/s1. The Hall–Kier alpha value is -2.60. The van der Waals surface area contributed by atoms with Crippen LogP contribution in [0.4, 0.5) is 0 Å². The fourth-order valence-electron chi connectivity index (χ4n) is 3.46. The van der Waals surface area contributed by atoms with E-state index in [2.05, 4.69) is 13.8 Å². The van der Waals surface area contributed by atoms with Crippen LogP contribution < -0.4 is 5.56 Å². The average Bonchev–Trinajstić information content (AvgIpc) is 2.75. The van der Waals surface area contributed by atoms with E-state index in [9.17, 15) is 9.59 Å². The number of para-hydroxylation sites is 1. The largest absolute Gasteiger partial charge is 0.342 e. The molecule has 0 saturated heterocycles. The van der Waals surface area contributed by atoms with Gasteiger partial charge >= 0.3 is 0 Å². The van der Waals surface area contributed by atoms with Crippen molar-refractivity contribution in [2.75, 3.05) is 13.1 Å². The first-order valence-electron chi connectivity index (χ1n) is 10.5. The average molecular weight is 424 g/mol. The Kier molecular flexibility index (Phi) is 7.32. The first kappa shape index (κ1) is 22.1. The molecule has 0 aliphatic rings. The third-order valence-electron chi connectivity index (χ3n) is 5.00. The first-order chi connectivity index (χ1) is 14.5. The van der Waals surface area contributed by atoms with Crippen LogP contribution in [0.3, 0.4) is 0 Å². The van der Waals surface area contributed by atoms with Crippen LogP contribution >= 0.6 is 11.8 Å². The lowest BCUT2D eigenvalue weighted by molar-refractivity contribution is -0.130. The van der Waals surface area contributed by atoms with Gasteiger partial charge < -0.3 is 4.90 Å². The van der Waals surface area contributed by atoms with Crippen LogP contribution in [0.2, 0.25) is 0 Å². The van der Waals surface area contributed by atoms with Gasteiger partial charge in [0.1, 0.15) is 5.25 Å². The number of rotatable bonds is 8. The molecule has 6 heteroatoms. The number of aromatic nitrogens is 2. The summed E-state index contributed by atoms with van der Waals surface area (Å²) in [6.07, 6.45) is 0. The highest BCUT2D eigenvalue weighted by atomic mass is 32.2. The van der Waals surface area contributed by atoms with E-state index in [4.69, 9.17) is 4.98 Å². The van der Waals surface area contributed by atoms with Gasteiger partial charge in [0, 0.05) is 19.6 Å². The molecule has 1 aromatic heterocycles. The monoisotopic (exact) mass is 423 g/mol. The van der Waals surface area contributed by atoms with Crippen molar-refractivity contribution >= 4 is 28.6 Å². The molecule has 0 spiro atoms. The maximum atomic E-state index is 13.4. The summed E-state index contributed by atoms with van der Waals surface area (Å²) < 4.78 is 1.73. The highest BCUT2D eigenvalue weighted by Gasteiger charge is 2.28. The van der Waals surface area contributed by atoms with Gasteiger partial charge in [0.15, 0.2) is 5.16 Å². The minimum atomic E-state index is -0.461. The maximum absolute atomic E-state index is 13.4. The molecule has 0 radical (unpaired) electrons. The highest BCUT2D eigenvalue weighted by Crippen LogP contribution is 2.36. The Balaban J connectivity index is 2.13. The lowest BCUT2D eigenvalue weighted by Crippen LogP contribution is -2.34. The van der Waals surface area contributed by atoms with Crippen LogP contribution in [0.5, 0.6) is 0 Å². The number of carbonyl (C=O) groups is 1. The number of amides is 1. The molecule has 1 heterocycles. The van der Waals surface area contributed by atoms with E-state index in [1.807, 2.05) is 73.3 Å². The molecule has 2 aromatic carbocycles. The predicted octanol–water partition coefficient (Wildman–Crippen LogP) is 4.75. The minimum absolute atomic E-state index is 0.0368. The first-order valence-corrected chi connectivity index (χ1v) is 11.3. The second-order valence-electron chi connectivity index (χ2n) is 7.64. The molecule has 0 unspecified atom stereocenters. The third-order valence-corrected chi connectivity index (χ3v) is 6.23. The van der Waals surface area contributed by atoms with E-state index in [-0.39, 0.29) is 17.4 Å². The van der Waals surface area contributed by atoms with E-state index in [0.29, 0.717) is 35.7 Å². The molecule has 0 aliphatic heterocycles. The molecular formula is C24H29N3O2S. The molecule has 30 heavy (non-hydrogen) atoms. The highest BCUT2D eigenvalue weighted by molar-refractivity contribution is 8.00. The Morgan fingerprint density at radius 2 is 1.67 bits per heavy atom. The fourth-order valence-corrected chi connectivity index (χ4v) is 4.65. The van der Waals surface area contributed by atoms with Gasteiger partial charge in [-0.1, -0.05) is 68.1 Å². The van der Waals surface area contributed by atoms with Crippen molar-refractivity contribution in [1.29, 1.82) is 0 Å². The number of thioether (sulfide) groups is 1. The van der Waals surface area contributed by atoms with Gasteiger partial charge in [-0.15, -0.1) is 0 Å². The van der Waals surface area contributed by atoms with E-state index in [1.54, 1.807) is 4.57 Å². The summed E-state index contributed by atoms with van der Waals surface area (Å²) in [4.78, 5) is 33.2. The Labute approximate surface area is 182 Å². The van der Waals surface area contributed by atoms with Crippen LogP contribution in [0.25, 0.3) is 10.9 Å². The number of hydrogen-bond acceptors (Lipinski definition) is 4. The second-order valence-corrected chi connectivity index (χ2v) is 8.71. The molecule has 0 fully saturated rings. The molecule has 0 bridgehead atoms. The van der Waals surface area contributed by atoms with Crippen LogP contribution in [0, 0.1) is 5.92 Å². The molecule has 3 aromatic rings. The van der Waals surface area contributed by atoms with Crippen LogP contribution in [0.1, 0.15) is 38.5 Å². The molecule has 5 nitrogen and oxygen atoms in total. The van der Waals surface area contributed by atoms with Crippen molar-refractivity contribution in [1.82, 2.24) is 14.5 Å². The van der Waals surface area contributed by atoms with E-state index >= 15 is 0 Å². The number of fused-ring (bicyclic) bond motifs is 1. The zero-order valence-electron chi connectivity index (χ0n) is 18.0. The van der Waals surface area contributed by atoms with Crippen molar-refractivity contribution in [3.63, 3.8) is 0 Å². The quantitative estimate of drug-likeness (QED) is 0.387. The molecule has 0 aliphatic carbocycles. The Bertz CT molecular complexity index is 1060. The summed E-state index contributed by atoms with van der Waals surface area (Å²) in [5, 5.41) is 0.730. The van der Waals surface area contributed by atoms with Crippen molar-refractivity contribution in [3.8, 4) is 0 Å². The van der Waals surface area contributed by atoms with Crippen LogP contribution in [-0.2, 0) is 11.3 Å². The van der Waals surface area contributed by atoms with E-state index in [1.165, 1.54) is 11.8 Å². The van der Waals surface area contributed by atoms with Crippen molar-refractivity contribution < 1.29 is 4.79 Å². The lowest BCUT2D eigenvalue weighted by atomic mass is 10.1. The van der Waals surface area contributed by atoms with Gasteiger partial charge in [0.05, 0.1) is 10.9 Å². The maximum Gasteiger partial charge on any atom is 0.262 e. The SMILES string of the molecule is CCN(CC)C(=O)[C@H](Sc1nc2ccccc2c(=O)n1CC(C)C)c1ccccc1. The summed E-state index contributed by atoms with van der Waals surface area (Å²) in [6, 6.07) is 17.1. The third kappa shape index (κ3) is 4.75. The fraction of sp³-hybridized carbons (Fsp3) is 0.375. The zero-order valence-corrected chi connectivity index (χ0v) is 18.9. The van der Waals surface area contributed by atoms with Crippen molar-refractivity contribution in [2.24, 2.45) is 5.92 Å². The Morgan fingerprint density at radius 3 is 2.30 bits per heavy atom. The molecule has 3 rings (SSSR count). The molecule has 1 amide bonds. The van der Waals surface area contributed by atoms with Gasteiger partial charge in [-0.05, 0) is 37.5 Å². The zero-order chi connectivity index (χ0) is 21.7. The van der Waals surface area contributed by atoms with Crippen LogP contribution in [-0.4, -0.2) is 33.4 Å². The second kappa shape index (κ2) is 9.94. The number of nitrogens with zero attached hydrogens (tertiary/aromatic N) is 3. The normalized spacial score (nSPS) is 12.3. The smallest absolute Gasteiger partial charge is 0.262 e. The Morgan fingerprint density at radius 1 is 1.03 bits per heavy atom. The number of hydrogen-bond donors (Lipinski definition) is 0. The number of benzene rings is 2. The molecular weight excluding hydrogens is 394 g/mol. The topological polar surface area (TPSA) is 55.2 Å².